The summed E-state index contributed by atoms with van der Waals surface area (Å²) in [5.74, 6) is 1.16. The fourth-order valence-corrected chi connectivity index (χ4v) is 4.97. The van der Waals surface area contributed by atoms with Gasteiger partial charge in [-0.3, -0.25) is 9.97 Å². The number of nitrogens with zero attached hydrogens (tertiary/aromatic N) is 5. The van der Waals surface area contributed by atoms with Gasteiger partial charge < -0.3 is 4.74 Å². The Bertz CT molecular complexity index is 1010. The molecule has 1 N–H and O–H groups in total. The second-order valence-electron chi connectivity index (χ2n) is 8.19. The maximum Gasteiger partial charge on any atom is 0.181 e. The van der Waals surface area contributed by atoms with Crippen molar-refractivity contribution in [2.45, 2.75) is 63.9 Å². The minimum Gasteiger partial charge on any atom is -0.381 e. The lowest BCUT2D eigenvalue weighted by Gasteiger charge is -2.29. The highest BCUT2D eigenvalue weighted by Gasteiger charge is 2.32. The van der Waals surface area contributed by atoms with Crippen LogP contribution in [0.3, 0.4) is 0 Å². The van der Waals surface area contributed by atoms with Crippen molar-refractivity contribution in [3.05, 3.63) is 41.0 Å². The minimum absolute atomic E-state index is 0.212. The van der Waals surface area contributed by atoms with E-state index in [0.717, 1.165) is 41.8 Å². The van der Waals surface area contributed by atoms with Crippen molar-refractivity contribution >= 4 is 0 Å². The molecule has 7 nitrogen and oxygen atoms in total. The molecule has 29 heavy (non-hydrogen) atoms. The van der Waals surface area contributed by atoms with Crippen molar-refractivity contribution in [2.75, 3.05) is 7.11 Å². The van der Waals surface area contributed by atoms with Crippen LogP contribution in [0.25, 0.3) is 22.5 Å². The molecule has 150 valence electrons. The Morgan fingerprint density at radius 1 is 1.14 bits per heavy atom. The molecule has 1 unspecified atom stereocenters. The molecule has 0 radical (unpaired) electrons. The lowest BCUT2D eigenvalue weighted by molar-refractivity contribution is 0.0906. The third kappa shape index (κ3) is 3.33. The Kier molecular flexibility index (Phi) is 4.83. The van der Waals surface area contributed by atoms with Crippen LogP contribution in [-0.4, -0.2) is 43.8 Å². The zero-order chi connectivity index (χ0) is 19.8. The average molecular weight is 390 g/mol. The highest BCUT2D eigenvalue weighted by atomic mass is 16.5. The standard InChI is InChI=1S/C22H26N6O/c1-13-11-15(9-10-23-13)19-17-12-16(29-2)7-8-18(17)24-21(14-5-3-4-6-14)20(19)22-25-27-28-26-22/h9-11,14,16H,3-8,12H2,1-2H3,(H,25,26,27,28). The van der Waals surface area contributed by atoms with Crippen molar-refractivity contribution < 1.29 is 4.74 Å². The monoisotopic (exact) mass is 390 g/mol. The van der Waals surface area contributed by atoms with Crippen LogP contribution >= 0.6 is 0 Å². The van der Waals surface area contributed by atoms with Gasteiger partial charge in [-0.1, -0.05) is 12.8 Å². The summed E-state index contributed by atoms with van der Waals surface area (Å²) in [6.45, 7) is 2.03. The second-order valence-corrected chi connectivity index (χ2v) is 8.19. The van der Waals surface area contributed by atoms with Gasteiger partial charge in [0.2, 0.25) is 0 Å². The third-order valence-corrected chi connectivity index (χ3v) is 6.39. The minimum atomic E-state index is 0.212. The largest absolute Gasteiger partial charge is 0.381 e. The van der Waals surface area contributed by atoms with E-state index in [2.05, 4.69) is 37.7 Å². The van der Waals surface area contributed by atoms with Gasteiger partial charge in [0.25, 0.3) is 0 Å². The molecule has 1 fully saturated rings. The predicted molar refractivity (Wildman–Crippen MR) is 109 cm³/mol. The molecule has 2 aliphatic carbocycles. The van der Waals surface area contributed by atoms with Crippen LogP contribution in [0.2, 0.25) is 0 Å². The van der Waals surface area contributed by atoms with Crippen molar-refractivity contribution in [1.29, 1.82) is 0 Å². The van der Waals surface area contributed by atoms with Crippen molar-refractivity contribution in [1.82, 2.24) is 30.6 Å². The topological polar surface area (TPSA) is 89.5 Å². The van der Waals surface area contributed by atoms with E-state index < -0.39 is 0 Å². The number of nitrogens with one attached hydrogen (secondary N) is 1. The van der Waals surface area contributed by atoms with Crippen LogP contribution in [0.4, 0.5) is 0 Å². The number of ether oxygens (including phenoxy) is 1. The quantitative estimate of drug-likeness (QED) is 0.729. The summed E-state index contributed by atoms with van der Waals surface area (Å²) < 4.78 is 5.73. The van der Waals surface area contributed by atoms with Crippen LogP contribution in [0.15, 0.2) is 18.3 Å². The Balaban J connectivity index is 1.82. The fourth-order valence-electron chi connectivity index (χ4n) is 4.97. The number of hydrogen-bond donors (Lipinski definition) is 1. The zero-order valence-electron chi connectivity index (χ0n) is 17.0. The Morgan fingerprint density at radius 3 is 2.72 bits per heavy atom. The van der Waals surface area contributed by atoms with Crippen molar-refractivity contribution in [2.24, 2.45) is 0 Å². The molecule has 3 aromatic rings. The van der Waals surface area contributed by atoms with E-state index in [0.29, 0.717) is 11.7 Å². The van der Waals surface area contributed by atoms with E-state index in [1.807, 2.05) is 13.1 Å². The molecule has 0 aromatic carbocycles. The smallest absolute Gasteiger partial charge is 0.181 e. The number of aromatic amines is 1. The van der Waals surface area contributed by atoms with E-state index in [9.17, 15) is 0 Å². The molecule has 3 aromatic heterocycles. The number of H-pyrrole nitrogens is 1. The normalized spacial score (nSPS) is 19.4. The lowest BCUT2D eigenvalue weighted by Crippen LogP contribution is -2.24. The number of tetrazole rings is 1. The van der Waals surface area contributed by atoms with Crippen LogP contribution < -0.4 is 0 Å². The Hall–Kier alpha value is -2.67. The Morgan fingerprint density at radius 2 is 2.00 bits per heavy atom. The number of hydrogen-bond acceptors (Lipinski definition) is 6. The number of aromatic nitrogens is 6. The van der Waals surface area contributed by atoms with E-state index >= 15 is 0 Å². The first-order valence-electron chi connectivity index (χ1n) is 10.5. The summed E-state index contributed by atoms with van der Waals surface area (Å²) in [5, 5.41) is 15.1. The van der Waals surface area contributed by atoms with Gasteiger partial charge in [0.15, 0.2) is 5.82 Å². The Labute approximate surface area is 170 Å². The first kappa shape index (κ1) is 18.4. The predicted octanol–water partition coefficient (Wildman–Crippen LogP) is 3.79. The van der Waals surface area contributed by atoms with Gasteiger partial charge in [0, 0.05) is 37.0 Å². The van der Waals surface area contributed by atoms with Gasteiger partial charge in [0.1, 0.15) is 0 Å². The maximum atomic E-state index is 5.73. The first-order chi connectivity index (χ1) is 14.2. The summed E-state index contributed by atoms with van der Waals surface area (Å²) in [4.78, 5) is 9.65. The molecule has 1 saturated carbocycles. The molecule has 1 atom stereocenters. The lowest BCUT2D eigenvalue weighted by atomic mass is 9.82. The molecule has 5 rings (SSSR count). The van der Waals surface area contributed by atoms with Crippen molar-refractivity contribution in [3.8, 4) is 22.5 Å². The summed E-state index contributed by atoms with van der Waals surface area (Å²) in [6, 6.07) is 4.24. The number of aryl methyl sites for hydroxylation is 2. The van der Waals surface area contributed by atoms with Gasteiger partial charge in [0.05, 0.1) is 17.4 Å². The molecule has 0 bridgehead atoms. The second kappa shape index (κ2) is 7.63. The number of pyridine rings is 2. The molecule has 0 aliphatic heterocycles. The van der Waals surface area contributed by atoms with Gasteiger partial charge in [-0.25, -0.2) is 5.10 Å². The van der Waals surface area contributed by atoms with Crippen LogP contribution in [0, 0.1) is 6.92 Å². The SMILES string of the molecule is COC1CCc2nc(C3CCCC3)c(-c3nnn[nH]3)c(-c3ccnc(C)c3)c2C1. The zero-order valence-corrected chi connectivity index (χ0v) is 17.0. The van der Waals surface area contributed by atoms with Crippen LogP contribution in [-0.2, 0) is 17.6 Å². The molecule has 7 heteroatoms. The van der Waals surface area contributed by atoms with Gasteiger partial charge in [-0.2, -0.15) is 0 Å². The molecule has 0 amide bonds. The molecule has 0 saturated heterocycles. The van der Waals surface area contributed by atoms with Crippen LogP contribution in [0.5, 0.6) is 0 Å². The van der Waals surface area contributed by atoms with Gasteiger partial charge >= 0.3 is 0 Å². The molecular formula is C22H26N6O. The summed E-state index contributed by atoms with van der Waals surface area (Å²) >= 11 is 0. The number of fused-ring (bicyclic) bond motifs is 1. The first-order valence-corrected chi connectivity index (χ1v) is 10.5. The van der Waals surface area contributed by atoms with Gasteiger partial charge in [-0.15, -0.1) is 5.10 Å². The fraction of sp³-hybridized carbons (Fsp3) is 0.500. The van der Waals surface area contributed by atoms with E-state index in [1.54, 1.807) is 7.11 Å². The van der Waals surface area contributed by atoms with E-state index in [1.165, 1.54) is 42.5 Å². The number of methoxy groups -OCH3 is 1. The van der Waals surface area contributed by atoms with Crippen molar-refractivity contribution in [3.63, 3.8) is 0 Å². The van der Waals surface area contributed by atoms with Crippen LogP contribution in [0.1, 0.15) is 60.7 Å². The summed E-state index contributed by atoms with van der Waals surface area (Å²) in [5.41, 5.74) is 8.03. The van der Waals surface area contributed by atoms with Gasteiger partial charge in [-0.05, 0) is 71.9 Å². The molecular weight excluding hydrogens is 364 g/mol. The highest BCUT2D eigenvalue weighted by molar-refractivity contribution is 5.85. The molecule has 2 aliphatic rings. The summed E-state index contributed by atoms with van der Waals surface area (Å²) in [7, 11) is 1.80. The molecule has 3 heterocycles. The number of rotatable bonds is 4. The van der Waals surface area contributed by atoms with E-state index in [4.69, 9.17) is 9.72 Å². The average Bonchev–Trinajstić information content (AvgIpc) is 3.46. The molecule has 0 spiro atoms. The third-order valence-electron chi connectivity index (χ3n) is 6.39. The highest BCUT2D eigenvalue weighted by Crippen LogP contribution is 2.45. The van der Waals surface area contributed by atoms with E-state index in [-0.39, 0.29) is 6.10 Å². The summed E-state index contributed by atoms with van der Waals surface area (Å²) in [6.07, 6.45) is 9.77. The maximum absolute atomic E-state index is 5.73.